The fourth-order valence-electron chi connectivity index (χ4n) is 6.44. The molecule has 7 nitrogen and oxygen atoms in total. The molecule has 8 heteroatoms. The Labute approximate surface area is 226 Å². The van der Waals surface area contributed by atoms with Crippen LogP contribution >= 0.6 is 11.6 Å². The van der Waals surface area contributed by atoms with Gasteiger partial charge in [0.25, 0.3) is 0 Å². The van der Waals surface area contributed by atoms with E-state index in [2.05, 4.69) is 10.6 Å². The van der Waals surface area contributed by atoms with Gasteiger partial charge in [0.15, 0.2) is 0 Å². The monoisotopic (exact) mass is 531 g/mol. The number of para-hydroxylation sites is 1. The summed E-state index contributed by atoms with van der Waals surface area (Å²) in [6, 6.07) is 15.4. The van der Waals surface area contributed by atoms with Crippen molar-refractivity contribution in [3.8, 4) is 0 Å². The molecule has 2 aromatic rings. The zero-order valence-electron chi connectivity index (χ0n) is 20.9. The van der Waals surface area contributed by atoms with Crippen LogP contribution in [-0.4, -0.2) is 29.8 Å². The number of carbonyl (C=O) groups is 3. The second-order valence-corrected chi connectivity index (χ2v) is 10.9. The molecule has 2 N–H and O–H groups in total. The predicted octanol–water partition coefficient (Wildman–Crippen LogP) is 5.05. The second kappa shape index (κ2) is 10.3. The highest BCUT2D eigenvalue weighted by molar-refractivity contribution is 6.30. The molecule has 0 aromatic heterocycles. The number of rotatable bonds is 5. The first kappa shape index (κ1) is 24.7. The summed E-state index contributed by atoms with van der Waals surface area (Å²) in [6.07, 6.45) is 10.5. The van der Waals surface area contributed by atoms with Gasteiger partial charge in [0, 0.05) is 28.4 Å². The Morgan fingerprint density at radius 1 is 0.947 bits per heavy atom. The van der Waals surface area contributed by atoms with E-state index in [0.29, 0.717) is 22.2 Å². The van der Waals surface area contributed by atoms with E-state index in [1.807, 2.05) is 42.5 Å². The molecule has 1 saturated carbocycles. The first-order chi connectivity index (χ1) is 18.5. The molecule has 2 fully saturated rings. The lowest BCUT2D eigenvalue weighted by atomic mass is 9.69. The van der Waals surface area contributed by atoms with Crippen molar-refractivity contribution in [2.45, 2.75) is 44.2 Å². The van der Waals surface area contributed by atoms with Crippen LogP contribution in [0.4, 0.5) is 11.4 Å². The van der Waals surface area contributed by atoms with Crippen molar-refractivity contribution < 1.29 is 19.1 Å². The van der Waals surface area contributed by atoms with E-state index in [-0.39, 0.29) is 29.7 Å². The highest BCUT2D eigenvalue weighted by Crippen LogP contribution is 2.50. The van der Waals surface area contributed by atoms with Crippen LogP contribution in [-0.2, 0) is 19.1 Å². The van der Waals surface area contributed by atoms with E-state index in [1.54, 1.807) is 35.4 Å². The zero-order chi connectivity index (χ0) is 26.2. The summed E-state index contributed by atoms with van der Waals surface area (Å²) in [6.45, 7) is 0. The van der Waals surface area contributed by atoms with Crippen molar-refractivity contribution in [3.05, 3.63) is 83.8 Å². The van der Waals surface area contributed by atoms with Gasteiger partial charge in [0.2, 0.25) is 17.7 Å². The molecule has 0 spiro atoms. The van der Waals surface area contributed by atoms with Gasteiger partial charge in [-0.25, -0.2) is 0 Å². The summed E-state index contributed by atoms with van der Waals surface area (Å²) in [7, 11) is 0. The molecular formula is C30H30ClN3O4. The summed E-state index contributed by atoms with van der Waals surface area (Å²) in [5.74, 6) is -2.46. The summed E-state index contributed by atoms with van der Waals surface area (Å²) in [5, 5.41) is 6.75. The number of amides is 3. The Kier molecular flexibility index (Phi) is 6.70. The van der Waals surface area contributed by atoms with Crippen LogP contribution in [0, 0.1) is 23.7 Å². The lowest BCUT2D eigenvalue weighted by Crippen LogP contribution is -2.50. The molecule has 0 radical (unpaired) electrons. The maximum absolute atomic E-state index is 14.2. The van der Waals surface area contributed by atoms with Crippen LogP contribution in [0.2, 0.25) is 5.02 Å². The first-order valence-electron chi connectivity index (χ1n) is 13.3. The maximum atomic E-state index is 14.2. The highest BCUT2D eigenvalue weighted by Gasteiger charge is 2.60. The van der Waals surface area contributed by atoms with Crippen molar-refractivity contribution in [2.75, 3.05) is 10.2 Å². The minimum Gasteiger partial charge on any atom is -0.469 e. The van der Waals surface area contributed by atoms with Gasteiger partial charge >= 0.3 is 0 Å². The van der Waals surface area contributed by atoms with Crippen molar-refractivity contribution in [1.29, 1.82) is 0 Å². The van der Waals surface area contributed by atoms with E-state index in [4.69, 9.17) is 16.3 Å². The topological polar surface area (TPSA) is 87.7 Å². The lowest BCUT2D eigenvalue weighted by molar-refractivity contribution is -0.131. The second-order valence-electron chi connectivity index (χ2n) is 10.5. The number of benzene rings is 2. The third-order valence-corrected chi connectivity index (χ3v) is 8.45. The van der Waals surface area contributed by atoms with Crippen LogP contribution < -0.4 is 15.5 Å². The molecule has 38 heavy (non-hydrogen) atoms. The molecule has 2 aromatic carbocycles. The van der Waals surface area contributed by atoms with E-state index in [0.717, 1.165) is 25.7 Å². The third kappa shape index (κ3) is 4.49. The van der Waals surface area contributed by atoms with Crippen LogP contribution in [0.25, 0.3) is 0 Å². The van der Waals surface area contributed by atoms with E-state index in [1.165, 1.54) is 6.42 Å². The average molecular weight is 532 g/mol. The van der Waals surface area contributed by atoms with Crippen LogP contribution in [0.3, 0.4) is 0 Å². The average Bonchev–Trinajstić information content (AvgIpc) is 3.51. The molecule has 2 aliphatic heterocycles. The Balaban J connectivity index is 1.39. The SMILES string of the molecule is O=C(NC1CCCCC1)[C@@H]1[C@@H]2C=C3OC=C[C@@H]3[C@@H](C(=O)Nc3ccccc3)C2C(=O)N1c1ccc(Cl)cc1. The number of carbonyl (C=O) groups excluding carboxylic acids is 3. The largest absolute Gasteiger partial charge is 0.469 e. The summed E-state index contributed by atoms with van der Waals surface area (Å²) >= 11 is 6.14. The normalized spacial score (nSPS) is 28.2. The number of anilines is 2. The molecule has 1 unspecified atom stereocenters. The molecule has 2 heterocycles. The Bertz CT molecular complexity index is 1290. The summed E-state index contributed by atoms with van der Waals surface area (Å²) < 4.78 is 5.79. The standard InChI is InChI=1S/C30H30ClN3O4/c31-18-11-13-21(14-12-18)34-27(29(36)33-20-9-5-2-6-10-20)23-17-24-22(15-16-38-24)25(26(23)30(34)37)28(35)32-19-7-3-1-4-8-19/h1,3-4,7-8,11-17,20,22-23,25-27H,2,5-6,9-10H2,(H,32,35)(H,33,36)/t22-,23+,25+,26?,27-/m0/s1. The van der Waals surface area contributed by atoms with Gasteiger partial charge < -0.3 is 15.4 Å². The smallest absolute Gasteiger partial charge is 0.244 e. The number of nitrogens with one attached hydrogen (secondary N) is 2. The van der Waals surface area contributed by atoms with Crippen molar-refractivity contribution in [3.63, 3.8) is 0 Å². The highest BCUT2D eigenvalue weighted by atomic mass is 35.5. The lowest BCUT2D eigenvalue weighted by Gasteiger charge is -2.34. The maximum Gasteiger partial charge on any atom is 0.244 e. The van der Waals surface area contributed by atoms with Gasteiger partial charge in [-0.05, 0) is 61.4 Å². The number of allylic oxidation sites excluding steroid dienone is 1. The molecule has 0 bridgehead atoms. The fraction of sp³-hybridized carbons (Fsp3) is 0.367. The molecule has 6 rings (SSSR count). The van der Waals surface area contributed by atoms with E-state index >= 15 is 0 Å². The summed E-state index contributed by atoms with van der Waals surface area (Å²) in [4.78, 5) is 43.5. The number of hydrogen-bond donors (Lipinski definition) is 2. The third-order valence-electron chi connectivity index (χ3n) is 8.20. The molecule has 2 aliphatic carbocycles. The number of fused-ring (bicyclic) bond motifs is 2. The number of halogens is 1. The van der Waals surface area contributed by atoms with Gasteiger partial charge in [-0.3, -0.25) is 19.3 Å². The molecule has 4 aliphatic rings. The van der Waals surface area contributed by atoms with Crippen molar-refractivity contribution >= 4 is 40.7 Å². The van der Waals surface area contributed by atoms with Crippen molar-refractivity contribution in [1.82, 2.24) is 5.32 Å². The molecule has 3 amide bonds. The Hall–Kier alpha value is -3.58. The van der Waals surface area contributed by atoms with Gasteiger partial charge in [-0.15, -0.1) is 0 Å². The Morgan fingerprint density at radius 2 is 1.68 bits per heavy atom. The van der Waals surface area contributed by atoms with Gasteiger partial charge in [-0.1, -0.05) is 49.1 Å². The molecule has 1 saturated heterocycles. The minimum atomic E-state index is -0.805. The van der Waals surface area contributed by atoms with Crippen LogP contribution in [0.5, 0.6) is 0 Å². The number of nitrogens with zero attached hydrogens (tertiary/aromatic N) is 1. The molecule has 196 valence electrons. The van der Waals surface area contributed by atoms with Gasteiger partial charge in [-0.2, -0.15) is 0 Å². The zero-order valence-corrected chi connectivity index (χ0v) is 21.6. The van der Waals surface area contributed by atoms with E-state index in [9.17, 15) is 14.4 Å². The number of hydrogen-bond acceptors (Lipinski definition) is 4. The van der Waals surface area contributed by atoms with Crippen LogP contribution in [0.1, 0.15) is 32.1 Å². The molecule has 5 atom stereocenters. The first-order valence-corrected chi connectivity index (χ1v) is 13.7. The predicted molar refractivity (Wildman–Crippen MR) is 145 cm³/mol. The molecular weight excluding hydrogens is 502 g/mol. The van der Waals surface area contributed by atoms with Crippen LogP contribution in [0.15, 0.2) is 78.8 Å². The van der Waals surface area contributed by atoms with Crippen molar-refractivity contribution in [2.24, 2.45) is 23.7 Å². The minimum absolute atomic E-state index is 0.0861. The van der Waals surface area contributed by atoms with E-state index < -0.39 is 23.8 Å². The van der Waals surface area contributed by atoms with Gasteiger partial charge in [0.05, 0.1) is 24.0 Å². The quantitative estimate of drug-likeness (QED) is 0.565. The number of ether oxygens (including phenoxy) is 1. The fourth-order valence-corrected chi connectivity index (χ4v) is 6.57. The summed E-state index contributed by atoms with van der Waals surface area (Å²) in [5.41, 5.74) is 1.24. The van der Waals surface area contributed by atoms with Gasteiger partial charge in [0.1, 0.15) is 11.8 Å². The Morgan fingerprint density at radius 3 is 2.42 bits per heavy atom.